The van der Waals surface area contributed by atoms with Gasteiger partial charge in [0.1, 0.15) is 0 Å². The minimum atomic E-state index is 0.0744. The van der Waals surface area contributed by atoms with Gasteiger partial charge in [0.05, 0.1) is 0 Å². The Kier molecular flexibility index (Phi) is 2.19. The van der Waals surface area contributed by atoms with E-state index >= 15 is 0 Å². The molecule has 0 atom stereocenters. The first-order valence-corrected chi connectivity index (χ1v) is 3.48. The Hall–Kier alpha value is -1.71. The van der Waals surface area contributed by atoms with E-state index in [4.69, 9.17) is 16.7 Å². The number of benzene rings is 1. The van der Waals surface area contributed by atoms with Crippen molar-refractivity contribution in [1.82, 2.24) is 0 Å². The fourth-order valence-corrected chi connectivity index (χ4v) is 1.02. The van der Waals surface area contributed by atoms with Crippen LogP contribution in [0.1, 0.15) is 11.1 Å². The second kappa shape index (κ2) is 3.13. The molecule has 5 N–H and O–H groups in total. The maximum absolute atomic E-state index is 8.39. The van der Waals surface area contributed by atoms with Crippen LogP contribution in [0, 0.1) is 6.92 Å². The molecule has 0 saturated heterocycles. The molecule has 12 heavy (non-hydrogen) atoms. The summed E-state index contributed by atoms with van der Waals surface area (Å²) < 4.78 is 0. The maximum atomic E-state index is 8.39. The minimum absolute atomic E-state index is 0.0744. The molecule has 64 valence electrons. The molecule has 1 rings (SSSR count). The summed E-state index contributed by atoms with van der Waals surface area (Å²) in [5, 5.41) is 11.3. The van der Waals surface area contributed by atoms with Crippen LogP contribution in [0.25, 0.3) is 0 Å². The van der Waals surface area contributed by atoms with Gasteiger partial charge in [0.25, 0.3) is 0 Å². The van der Waals surface area contributed by atoms with Crippen molar-refractivity contribution in [3.05, 3.63) is 29.3 Å². The number of amidine groups is 1. The van der Waals surface area contributed by atoms with Crippen LogP contribution >= 0.6 is 0 Å². The summed E-state index contributed by atoms with van der Waals surface area (Å²) in [6, 6.07) is 5.27. The summed E-state index contributed by atoms with van der Waals surface area (Å²) in [6.07, 6.45) is 0. The molecule has 0 amide bonds. The highest BCUT2D eigenvalue weighted by atomic mass is 16.4. The van der Waals surface area contributed by atoms with Crippen LogP contribution in [-0.4, -0.2) is 11.0 Å². The second-order valence-electron chi connectivity index (χ2n) is 2.62. The van der Waals surface area contributed by atoms with Crippen LogP contribution in [-0.2, 0) is 0 Å². The molecule has 0 unspecified atom stereocenters. The van der Waals surface area contributed by atoms with Gasteiger partial charge in [0.2, 0.25) is 0 Å². The van der Waals surface area contributed by atoms with Crippen molar-refractivity contribution >= 4 is 11.5 Å². The van der Waals surface area contributed by atoms with Crippen molar-refractivity contribution in [2.45, 2.75) is 6.92 Å². The van der Waals surface area contributed by atoms with Gasteiger partial charge in [-0.2, -0.15) is 0 Å². The van der Waals surface area contributed by atoms with Crippen molar-refractivity contribution in [1.29, 1.82) is 0 Å². The molecular formula is C8H11N3O. The zero-order valence-electron chi connectivity index (χ0n) is 6.78. The lowest BCUT2D eigenvalue weighted by atomic mass is 10.1. The Bertz CT molecular complexity index is 300. The lowest BCUT2D eigenvalue weighted by molar-refractivity contribution is 0.318. The Morgan fingerprint density at radius 3 is 2.58 bits per heavy atom. The van der Waals surface area contributed by atoms with E-state index in [0.717, 1.165) is 5.56 Å². The first-order chi connectivity index (χ1) is 5.63. The van der Waals surface area contributed by atoms with E-state index in [0.29, 0.717) is 11.3 Å². The molecular weight excluding hydrogens is 154 g/mol. The fourth-order valence-electron chi connectivity index (χ4n) is 1.02. The van der Waals surface area contributed by atoms with Gasteiger partial charge in [-0.05, 0) is 30.7 Å². The molecule has 0 radical (unpaired) electrons. The van der Waals surface area contributed by atoms with E-state index in [1.54, 1.807) is 12.1 Å². The van der Waals surface area contributed by atoms with Gasteiger partial charge in [-0.25, -0.2) is 0 Å². The Morgan fingerprint density at radius 2 is 2.08 bits per heavy atom. The van der Waals surface area contributed by atoms with Gasteiger partial charge >= 0.3 is 0 Å². The summed E-state index contributed by atoms with van der Waals surface area (Å²) in [7, 11) is 0. The van der Waals surface area contributed by atoms with Gasteiger partial charge in [0, 0.05) is 11.3 Å². The van der Waals surface area contributed by atoms with Crippen molar-refractivity contribution in [3.63, 3.8) is 0 Å². The van der Waals surface area contributed by atoms with Crippen LogP contribution in [0.3, 0.4) is 0 Å². The molecule has 0 aliphatic heterocycles. The second-order valence-corrected chi connectivity index (χ2v) is 2.62. The Labute approximate surface area is 70.5 Å². The lowest BCUT2D eigenvalue weighted by Gasteiger charge is -2.01. The normalized spacial score (nSPS) is 11.6. The summed E-state index contributed by atoms with van der Waals surface area (Å²) >= 11 is 0. The van der Waals surface area contributed by atoms with E-state index in [9.17, 15) is 0 Å². The van der Waals surface area contributed by atoms with Crippen molar-refractivity contribution in [2.75, 3.05) is 5.73 Å². The number of nitrogens with two attached hydrogens (primary N) is 2. The molecule has 4 heteroatoms. The van der Waals surface area contributed by atoms with Gasteiger partial charge in [-0.3, -0.25) is 0 Å². The van der Waals surface area contributed by atoms with Gasteiger partial charge in [-0.15, -0.1) is 0 Å². The first kappa shape index (κ1) is 8.39. The molecule has 0 aliphatic carbocycles. The van der Waals surface area contributed by atoms with Gasteiger partial charge in [0.15, 0.2) is 5.84 Å². The summed E-state index contributed by atoms with van der Waals surface area (Å²) in [5.74, 6) is 0.0744. The van der Waals surface area contributed by atoms with Crippen LogP contribution in [0.2, 0.25) is 0 Å². The quantitative estimate of drug-likeness (QED) is 0.188. The largest absolute Gasteiger partial charge is 0.409 e. The van der Waals surface area contributed by atoms with E-state index in [1.807, 2.05) is 13.0 Å². The van der Waals surface area contributed by atoms with Crippen LogP contribution in [0.15, 0.2) is 23.4 Å². The smallest absolute Gasteiger partial charge is 0.170 e. The molecule has 0 fully saturated rings. The molecule has 0 bridgehead atoms. The number of anilines is 1. The molecule has 1 aromatic carbocycles. The lowest BCUT2D eigenvalue weighted by Crippen LogP contribution is -2.13. The van der Waals surface area contributed by atoms with E-state index in [2.05, 4.69) is 5.16 Å². The third-order valence-electron chi connectivity index (χ3n) is 1.50. The Morgan fingerprint density at radius 1 is 1.42 bits per heavy atom. The predicted molar refractivity (Wildman–Crippen MR) is 48.1 cm³/mol. The third kappa shape index (κ3) is 1.66. The number of hydrogen-bond donors (Lipinski definition) is 3. The van der Waals surface area contributed by atoms with E-state index in [1.165, 1.54) is 0 Å². The van der Waals surface area contributed by atoms with Crippen LogP contribution in [0.4, 0.5) is 5.69 Å². The number of nitrogen functional groups attached to an aromatic ring is 1. The van der Waals surface area contributed by atoms with Gasteiger partial charge < -0.3 is 16.7 Å². The minimum Gasteiger partial charge on any atom is -0.409 e. The van der Waals surface area contributed by atoms with Crippen molar-refractivity contribution in [2.24, 2.45) is 10.9 Å². The fraction of sp³-hybridized carbons (Fsp3) is 0.125. The average molecular weight is 165 g/mol. The number of aryl methyl sites for hydroxylation is 1. The number of hydrogen-bond acceptors (Lipinski definition) is 3. The maximum Gasteiger partial charge on any atom is 0.170 e. The first-order valence-electron chi connectivity index (χ1n) is 3.48. The number of nitrogens with zero attached hydrogens (tertiary/aromatic N) is 1. The van der Waals surface area contributed by atoms with Crippen molar-refractivity contribution < 1.29 is 5.21 Å². The van der Waals surface area contributed by atoms with Crippen LogP contribution in [0.5, 0.6) is 0 Å². The van der Waals surface area contributed by atoms with Gasteiger partial charge in [-0.1, -0.05) is 5.16 Å². The topological polar surface area (TPSA) is 84.6 Å². The Balaban J connectivity index is 3.17. The molecule has 0 heterocycles. The highest BCUT2D eigenvalue weighted by molar-refractivity contribution is 5.97. The average Bonchev–Trinajstić information content (AvgIpc) is 2.01. The predicted octanol–water partition coefficient (Wildman–Crippen LogP) is 0.672. The highest BCUT2D eigenvalue weighted by Gasteiger charge is 1.99. The zero-order valence-corrected chi connectivity index (χ0v) is 6.78. The summed E-state index contributed by atoms with van der Waals surface area (Å²) in [6.45, 7) is 1.89. The van der Waals surface area contributed by atoms with Crippen molar-refractivity contribution in [3.8, 4) is 0 Å². The molecule has 0 aromatic heterocycles. The summed E-state index contributed by atoms with van der Waals surface area (Å²) in [5.41, 5.74) is 13.2. The number of rotatable bonds is 1. The molecule has 0 aliphatic rings. The van der Waals surface area contributed by atoms with E-state index < -0.39 is 0 Å². The van der Waals surface area contributed by atoms with Crippen LogP contribution < -0.4 is 11.5 Å². The van der Waals surface area contributed by atoms with E-state index in [-0.39, 0.29) is 5.84 Å². The SMILES string of the molecule is Cc1cc(N)cc(/C(N)=N/O)c1. The number of oxime groups is 1. The third-order valence-corrected chi connectivity index (χ3v) is 1.50. The molecule has 0 saturated carbocycles. The monoisotopic (exact) mass is 165 g/mol. The standard InChI is InChI=1S/C8H11N3O/c1-5-2-6(8(10)11-12)4-7(9)3-5/h2-4,12H,9H2,1H3,(H2,10,11). The molecule has 0 spiro atoms. The molecule has 4 nitrogen and oxygen atoms in total. The summed E-state index contributed by atoms with van der Waals surface area (Å²) in [4.78, 5) is 0. The highest BCUT2D eigenvalue weighted by Crippen LogP contribution is 2.10. The molecule has 1 aromatic rings. The zero-order chi connectivity index (χ0) is 9.14.